The molecular weight excluding hydrogens is 412 g/mol. The van der Waals surface area contributed by atoms with E-state index >= 15 is 0 Å². The summed E-state index contributed by atoms with van der Waals surface area (Å²) in [7, 11) is 0. The van der Waals surface area contributed by atoms with E-state index in [0.717, 1.165) is 29.4 Å². The third-order valence-corrected chi connectivity index (χ3v) is 5.60. The molecule has 0 spiro atoms. The molecule has 3 aromatic rings. The van der Waals surface area contributed by atoms with Gasteiger partial charge in [0.1, 0.15) is 0 Å². The number of fused-ring (bicyclic) bond motifs is 1. The number of hydrogen-bond donors (Lipinski definition) is 2. The van der Waals surface area contributed by atoms with Crippen molar-refractivity contribution in [2.24, 2.45) is 0 Å². The van der Waals surface area contributed by atoms with Gasteiger partial charge in [-0.05, 0) is 36.1 Å². The summed E-state index contributed by atoms with van der Waals surface area (Å²) in [6.07, 6.45) is 0.777. The number of imide groups is 1. The number of urea groups is 1. The van der Waals surface area contributed by atoms with Gasteiger partial charge in [-0.2, -0.15) is 0 Å². The number of nitrogens with zero attached hydrogens (tertiary/aromatic N) is 2. The Balaban J connectivity index is 1.99. The van der Waals surface area contributed by atoms with Crippen LogP contribution in [0.1, 0.15) is 38.7 Å². The summed E-state index contributed by atoms with van der Waals surface area (Å²) in [6.45, 7) is 6.54. The van der Waals surface area contributed by atoms with Gasteiger partial charge in [0.2, 0.25) is 5.91 Å². The highest BCUT2D eigenvalue weighted by molar-refractivity contribution is 7.99. The van der Waals surface area contributed by atoms with Gasteiger partial charge in [-0.25, -0.2) is 9.78 Å². The largest absolute Gasteiger partial charge is 0.338 e. The second kappa shape index (κ2) is 10.3. The fraction of sp³-hybridized carbons (Fsp3) is 0.304. The summed E-state index contributed by atoms with van der Waals surface area (Å²) in [4.78, 5) is 42.1. The molecule has 0 fully saturated rings. The molecule has 0 bridgehead atoms. The monoisotopic (exact) mass is 438 g/mol. The first kappa shape index (κ1) is 22.6. The minimum Gasteiger partial charge on any atom is -0.338 e. The molecule has 2 N–H and O–H groups in total. The van der Waals surface area contributed by atoms with Crippen LogP contribution in [0.15, 0.2) is 58.5 Å². The first-order valence-electron chi connectivity index (χ1n) is 10.2. The number of hydrogen-bond acceptors (Lipinski definition) is 5. The standard InChI is InChI=1S/C23H26N4O3S/c1-4-13-24-22(30)26-20(28)14-31-23-25-18-11-7-5-10-17(18)21(29)27(23)19-12-8-6-9-16(19)15(2)3/h5-12,15H,4,13-14H2,1-3H3,(H2,24,26,28,30). The van der Waals surface area contributed by atoms with Gasteiger partial charge in [0, 0.05) is 6.54 Å². The third kappa shape index (κ3) is 5.32. The Morgan fingerprint density at radius 3 is 2.55 bits per heavy atom. The van der Waals surface area contributed by atoms with Crippen molar-refractivity contribution in [2.45, 2.75) is 38.3 Å². The summed E-state index contributed by atoms with van der Waals surface area (Å²) >= 11 is 1.13. The van der Waals surface area contributed by atoms with Crippen LogP contribution in [0.5, 0.6) is 0 Å². The van der Waals surface area contributed by atoms with Crippen LogP contribution in [0.3, 0.4) is 0 Å². The molecule has 0 saturated carbocycles. The lowest BCUT2D eigenvalue weighted by atomic mass is 10.0. The van der Waals surface area contributed by atoms with Crippen molar-refractivity contribution in [3.63, 3.8) is 0 Å². The van der Waals surface area contributed by atoms with Gasteiger partial charge in [0.15, 0.2) is 5.16 Å². The maximum atomic E-state index is 13.4. The van der Waals surface area contributed by atoms with Crippen LogP contribution in [0.2, 0.25) is 0 Å². The number of carbonyl (C=O) groups is 2. The first-order valence-corrected chi connectivity index (χ1v) is 11.2. The molecule has 31 heavy (non-hydrogen) atoms. The van der Waals surface area contributed by atoms with E-state index in [4.69, 9.17) is 0 Å². The molecule has 0 aliphatic heterocycles. The van der Waals surface area contributed by atoms with Crippen molar-refractivity contribution in [3.05, 3.63) is 64.4 Å². The number of aromatic nitrogens is 2. The number of rotatable bonds is 7. The molecule has 0 unspecified atom stereocenters. The Kier molecular flexibility index (Phi) is 7.46. The number of thioether (sulfide) groups is 1. The minimum atomic E-state index is -0.526. The molecule has 3 rings (SSSR count). The van der Waals surface area contributed by atoms with Crippen molar-refractivity contribution in [2.75, 3.05) is 12.3 Å². The Labute approximate surface area is 185 Å². The topological polar surface area (TPSA) is 93.1 Å². The molecule has 1 aromatic heterocycles. The van der Waals surface area contributed by atoms with Crippen LogP contribution in [-0.2, 0) is 4.79 Å². The number of nitrogens with one attached hydrogen (secondary N) is 2. The number of para-hydroxylation sites is 2. The smallest absolute Gasteiger partial charge is 0.321 e. The predicted molar refractivity (Wildman–Crippen MR) is 124 cm³/mol. The normalized spacial score (nSPS) is 11.0. The lowest BCUT2D eigenvalue weighted by molar-refractivity contribution is -0.117. The zero-order valence-electron chi connectivity index (χ0n) is 17.8. The average molecular weight is 439 g/mol. The molecule has 1 heterocycles. The van der Waals surface area contributed by atoms with Gasteiger partial charge in [0.05, 0.1) is 22.3 Å². The molecule has 0 aliphatic rings. The van der Waals surface area contributed by atoms with E-state index in [1.165, 1.54) is 0 Å². The SMILES string of the molecule is CCCNC(=O)NC(=O)CSc1nc2ccccc2c(=O)n1-c1ccccc1C(C)C. The third-order valence-electron chi connectivity index (χ3n) is 4.67. The van der Waals surface area contributed by atoms with E-state index < -0.39 is 11.9 Å². The van der Waals surface area contributed by atoms with Crippen LogP contribution < -0.4 is 16.2 Å². The van der Waals surface area contributed by atoms with Gasteiger partial charge < -0.3 is 5.32 Å². The van der Waals surface area contributed by atoms with Crippen LogP contribution in [0.25, 0.3) is 16.6 Å². The zero-order valence-corrected chi connectivity index (χ0v) is 18.7. The quantitative estimate of drug-likeness (QED) is 0.432. The molecule has 0 atom stereocenters. The van der Waals surface area contributed by atoms with E-state index in [1.54, 1.807) is 22.8 Å². The molecule has 0 radical (unpaired) electrons. The highest BCUT2D eigenvalue weighted by Crippen LogP contribution is 2.27. The molecule has 8 heteroatoms. The zero-order chi connectivity index (χ0) is 22.4. The van der Waals surface area contributed by atoms with E-state index in [1.807, 2.05) is 37.3 Å². The van der Waals surface area contributed by atoms with Crippen molar-refractivity contribution >= 4 is 34.6 Å². The van der Waals surface area contributed by atoms with Gasteiger partial charge in [0.25, 0.3) is 5.56 Å². The number of amides is 3. The fourth-order valence-corrected chi connectivity index (χ4v) is 3.98. The van der Waals surface area contributed by atoms with Crippen LogP contribution in [0, 0.1) is 0 Å². The highest BCUT2D eigenvalue weighted by atomic mass is 32.2. The summed E-state index contributed by atoms with van der Waals surface area (Å²) < 4.78 is 1.56. The van der Waals surface area contributed by atoms with Gasteiger partial charge in [-0.3, -0.25) is 19.5 Å². The molecule has 0 saturated heterocycles. The fourth-order valence-electron chi connectivity index (χ4n) is 3.18. The summed E-state index contributed by atoms with van der Waals surface area (Å²) in [6, 6.07) is 14.3. The molecule has 3 amide bonds. The maximum Gasteiger partial charge on any atom is 0.321 e. The van der Waals surface area contributed by atoms with Crippen molar-refractivity contribution in [1.29, 1.82) is 0 Å². The van der Waals surface area contributed by atoms with E-state index in [9.17, 15) is 14.4 Å². The van der Waals surface area contributed by atoms with Crippen molar-refractivity contribution in [3.8, 4) is 5.69 Å². The summed E-state index contributed by atoms with van der Waals surface area (Å²) in [5.74, 6) is -0.309. The van der Waals surface area contributed by atoms with E-state index in [2.05, 4.69) is 29.5 Å². The lowest BCUT2D eigenvalue weighted by Gasteiger charge is -2.18. The van der Waals surface area contributed by atoms with Crippen LogP contribution >= 0.6 is 11.8 Å². The average Bonchev–Trinajstić information content (AvgIpc) is 2.76. The van der Waals surface area contributed by atoms with Gasteiger partial charge in [-0.1, -0.05) is 62.9 Å². The highest BCUT2D eigenvalue weighted by Gasteiger charge is 2.18. The minimum absolute atomic E-state index is 0.0474. The second-order valence-electron chi connectivity index (χ2n) is 7.36. The lowest BCUT2D eigenvalue weighted by Crippen LogP contribution is -2.40. The van der Waals surface area contributed by atoms with Crippen LogP contribution in [-0.4, -0.2) is 33.8 Å². The molecular formula is C23H26N4O3S. The van der Waals surface area contributed by atoms with E-state index in [-0.39, 0.29) is 17.2 Å². The summed E-state index contributed by atoms with van der Waals surface area (Å²) in [5, 5.41) is 5.81. The van der Waals surface area contributed by atoms with Crippen LogP contribution in [0.4, 0.5) is 4.79 Å². The first-order chi connectivity index (χ1) is 14.9. The number of benzene rings is 2. The molecule has 7 nitrogen and oxygen atoms in total. The molecule has 0 aliphatic carbocycles. The number of carbonyl (C=O) groups excluding carboxylic acids is 2. The second-order valence-corrected chi connectivity index (χ2v) is 8.30. The van der Waals surface area contributed by atoms with Crippen molar-refractivity contribution in [1.82, 2.24) is 20.2 Å². The molecule has 162 valence electrons. The van der Waals surface area contributed by atoms with Gasteiger partial charge >= 0.3 is 6.03 Å². The molecule has 2 aromatic carbocycles. The summed E-state index contributed by atoms with van der Waals surface area (Å²) in [5.41, 5.74) is 2.12. The maximum absolute atomic E-state index is 13.4. The Morgan fingerprint density at radius 2 is 1.81 bits per heavy atom. The van der Waals surface area contributed by atoms with E-state index in [0.29, 0.717) is 22.6 Å². The van der Waals surface area contributed by atoms with Crippen molar-refractivity contribution < 1.29 is 9.59 Å². The Morgan fingerprint density at radius 1 is 1.10 bits per heavy atom. The van der Waals surface area contributed by atoms with Gasteiger partial charge in [-0.15, -0.1) is 0 Å². The Bertz CT molecular complexity index is 1160. The predicted octanol–water partition coefficient (Wildman–Crippen LogP) is 3.84. The Hall–Kier alpha value is -3.13.